The fourth-order valence-corrected chi connectivity index (χ4v) is 6.14. The van der Waals surface area contributed by atoms with Crippen molar-refractivity contribution in [3.8, 4) is 6.07 Å². The molecule has 4 rings (SSSR count). The Kier molecular flexibility index (Phi) is 7.03. The van der Waals surface area contributed by atoms with Crippen molar-refractivity contribution in [2.45, 2.75) is 62.4 Å². The Balaban J connectivity index is 1.58. The molecule has 2 aromatic carbocycles. The van der Waals surface area contributed by atoms with Crippen LogP contribution in [0.2, 0.25) is 0 Å². The molecular weight excluding hydrogens is 452 g/mol. The third-order valence-corrected chi connectivity index (χ3v) is 8.25. The monoisotopic (exact) mass is 480 g/mol. The first kappa shape index (κ1) is 24.0. The van der Waals surface area contributed by atoms with Crippen LogP contribution in [0.15, 0.2) is 53.4 Å². The molecule has 2 fully saturated rings. The molecule has 178 valence electrons. The average molecular weight is 481 g/mol. The number of sulfonamides is 1. The first-order valence-electron chi connectivity index (χ1n) is 11.7. The third-order valence-electron chi connectivity index (χ3n) is 6.85. The van der Waals surface area contributed by atoms with Gasteiger partial charge in [0.25, 0.3) is 10.0 Å². The summed E-state index contributed by atoms with van der Waals surface area (Å²) in [6.45, 7) is 1.91. The summed E-state index contributed by atoms with van der Waals surface area (Å²) in [6, 6.07) is 14.4. The highest BCUT2D eigenvalue weighted by Crippen LogP contribution is 2.40. The van der Waals surface area contributed by atoms with E-state index in [1.807, 2.05) is 19.1 Å². The van der Waals surface area contributed by atoms with E-state index >= 15 is 0 Å². The molecule has 4 atom stereocenters. The molecule has 1 saturated carbocycles. The van der Waals surface area contributed by atoms with Crippen molar-refractivity contribution in [2.75, 3.05) is 4.72 Å². The van der Waals surface area contributed by atoms with E-state index in [0.717, 1.165) is 32.1 Å². The van der Waals surface area contributed by atoms with Crippen molar-refractivity contribution in [2.24, 2.45) is 11.8 Å². The van der Waals surface area contributed by atoms with Crippen LogP contribution in [-0.4, -0.2) is 26.3 Å². The Morgan fingerprint density at radius 1 is 1.09 bits per heavy atom. The lowest BCUT2D eigenvalue weighted by Crippen LogP contribution is -2.47. The smallest absolute Gasteiger partial charge is 0.317 e. The van der Waals surface area contributed by atoms with Gasteiger partial charge in [0.1, 0.15) is 12.0 Å². The van der Waals surface area contributed by atoms with Crippen LogP contribution in [-0.2, 0) is 24.3 Å². The maximum absolute atomic E-state index is 13.4. The van der Waals surface area contributed by atoms with Gasteiger partial charge in [-0.3, -0.25) is 14.3 Å². The number of fused-ring (bicyclic) bond motifs is 1. The van der Waals surface area contributed by atoms with Gasteiger partial charge in [-0.25, -0.2) is 8.42 Å². The molecule has 1 heterocycles. The Morgan fingerprint density at radius 3 is 2.53 bits per heavy atom. The second kappa shape index (κ2) is 9.98. The standard InChI is InChI=1S/C26H28N2O5S/c1-2-21(24-25(29)22-9-4-3-5-10-23(22)33-26(24)30)18-7-6-8-19(15-18)28-34(31,32)20-13-11-17(16-27)12-14-20/h6-8,11-15,21-24,28H,2-5,9-10H2,1H3. The van der Waals surface area contributed by atoms with Gasteiger partial charge in [-0.1, -0.05) is 31.9 Å². The van der Waals surface area contributed by atoms with Crippen molar-refractivity contribution >= 4 is 27.5 Å². The van der Waals surface area contributed by atoms with Gasteiger partial charge in [0, 0.05) is 11.6 Å². The van der Waals surface area contributed by atoms with E-state index in [1.165, 1.54) is 24.3 Å². The number of anilines is 1. The maximum Gasteiger partial charge on any atom is 0.317 e. The lowest BCUT2D eigenvalue weighted by atomic mass is 9.74. The van der Waals surface area contributed by atoms with E-state index in [0.29, 0.717) is 23.2 Å². The van der Waals surface area contributed by atoms with Gasteiger partial charge in [0.15, 0.2) is 5.78 Å². The third kappa shape index (κ3) is 4.85. The summed E-state index contributed by atoms with van der Waals surface area (Å²) >= 11 is 0. The van der Waals surface area contributed by atoms with Gasteiger partial charge < -0.3 is 4.74 Å². The van der Waals surface area contributed by atoms with Crippen molar-refractivity contribution in [1.29, 1.82) is 5.26 Å². The minimum atomic E-state index is -3.87. The summed E-state index contributed by atoms with van der Waals surface area (Å²) in [4.78, 5) is 26.4. The van der Waals surface area contributed by atoms with Gasteiger partial charge in [-0.2, -0.15) is 5.26 Å². The Bertz CT molecular complexity index is 1220. The van der Waals surface area contributed by atoms with Crippen molar-refractivity contribution < 1.29 is 22.7 Å². The summed E-state index contributed by atoms with van der Waals surface area (Å²) < 4.78 is 34.0. The summed E-state index contributed by atoms with van der Waals surface area (Å²) in [7, 11) is -3.87. The summed E-state index contributed by atoms with van der Waals surface area (Å²) in [6.07, 6.45) is 4.66. The van der Waals surface area contributed by atoms with Crippen LogP contribution >= 0.6 is 0 Å². The lowest BCUT2D eigenvalue weighted by Gasteiger charge is -2.36. The number of esters is 1. The van der Waals surface area contributed by atoms with Gasteiger partial charge in [-0.15, -0.1) is 0 Å². The van der Waals surface area contributed by atoms with Crippen LogP contribution in [0.1, 0.15) is 62.5 Å². The van der Waals surface area contributed by atoms with Crippen LogP contribution in [0.3, 0.4) is 0 Å². The quantitative estimate of drug-likeness (QED) is 0.480. The van der Waals surface area contributed by atoms with E-state index in [2.05, 4.69) is 4.72 Å². The molecule has 2 aromatic rings. The van der Waals surface area contributed by atoms with Crippen molar-refractivity contribution in [3.63, 3.8) is 0 Å². The maximum atomic E-state index is 13.4. The molecule has 1 aliphatic carbocycles. The summed E-state index contributed by atoms with van der Waals surface area (Å²) in [5.74, 6) is -2.04. The number of carbonyl (C=O) groups is 2. The number of nitrogens with one attached hydrogen (secondary N) is 1. The van der Waals surface area contributed by atoms with Crippen molar-refractivity contribution in [1.82, 2.24) is 0 Å². The summed E-state index contributed by atoms with van der Waals surface area (Å²) in [5.41, 5.74) is 1.42. The van der Waals surface area contributed by atoms with E-state index in [9.17, 15) is 18.0 Å². The van der Waals surface area contributed by atoms with Gasteiger partial charge in [0.05, 0.1) is 22.4 Å². The molecule has 1 N–H and O–H groups in total. The van der Waals surface area contributed by atoms with Crippen LogP contribution in [0.4, 0.5) is 5.69 Å². The zero-order valence-corrected chi connectivity index (χ0v) is 19.9. The zero-order valence-electron chi connectivity index (χ0n) is 19.1. The first-order chi connectivity index (χ1) is 16.3. The molecule has 0 spiro atoms. The highest BCUT2D eigenvalue weighted by molar-refractivity contribution is 7.92. The number of nitriles is 1. The molecule has 0 amide bonds. The molecule has 7 nitrogen and oxygen atoms in total. The van der Waals surface area contributed by atoms with E-state index in [4.69, 9.17) is 10.00 Å². The molecule has 1 saturated heterocycles. The molecule has 4 unspecified atom stereocenters. The Labute approximate surface area is 200 Å². The van der Waals surface area contributed by atoms with E-state index in [-0.39, 0.29) is 22.7 Å². The number of hydrogen-bond donors (Lipinski definition) is 1. The fourth-order valence-electron chi connectivity index (χ4n) is 5.09. The van der Waals surface area contributed by atoms with E-state index < -0.39 is 27.8 Å². The van der Waals surface area contributed by atoms with Crippen molar-refractivity contribution in [3.05, 3.63) is 59.7 Å². The number of carbonyl (C=O) groups excluding carboxylic acids is 2. The SMILES string of the molecule is CCC(c1cccc(NS(=O)(=O)c2ccc(C#N)cc2)c1)C1C(=O)OC2CCCCCC2C1=O. The topological polar surface area (TPSA) is 113 Å². The molecule has 0 aromatic heterocycles. The molecule has 1 aliphatic heterocycles. The number of ether oxygens (including phenoxy) is 1. The summed E-state index contributed by atoms with van der Waals surface area (Å²) in [5, 5.41) is 8.92. The lowest BCUT2D eigenvalue weighted by molar-refractivity contribution is -0.172. The molecule has 8 heteroatoms. The average Bonchev–Trinajstić information content (AvgIpc) is 3.07. The predicted molar refractivity (Wildman–Crippen MR) is 126 cm³/mol. The highest BCUT2D eigenvalue weighted by atomic mass is 32.2. The number of rotatable bonds is 6. The largest absolute Gasteiger partial charge is 0.461 e. The van der Waals surface area contributed by atoms with Crippen LogP contribution in [0, 0.1) is 23.2 Å². The number of Topliss-reactive ketones (excluding diaryl/α,β-unsaturated/α-hetero) is 1. The van der Waals surface area contributed by atoms with Crippen LogP contribution in [0.25, 0.3) is 0 Å². The molecule has 2 aliphatic rings. The first-order valence-corrected chi connectivity index (χ1v) is 13.2. The Hall–Kier alpha value is -3.18. The minimum absolute atomic E-state index is 0.0365. The van der Waals surface area contributed by atoms with Gasteiger partial charge >= 0.3 is 5.97 Å². The van der Waals surface area contributed by atoms with Gasteiger partial charge in [0.2, 0.25) is 0 Å². The van der Waals surface area contributed by atoms with Gasteiger partial charge in [-0.05, 0) is 67.6 Å². The second-order valence-corrected chi connectivity index (χ2v) is 10.7. The number of nitrogens with zero attached hydrogens (tertiary/aromatic N) is 1. The number of ketones is 1. The molecule has 0 bridgehead atoms. The number of hydrogen-bond acceptors (Lipinski definition) is 6. The van der Waals surface area contributed by atoms with Crippen LogP contribution < -0.4 is 4.72 Å². The molecule has 34 heavy (non-hydrogen) atoms. The fraction of sp³-hybridized carbons (Fsp3) is 0.423. The molecule has 0 radical (unpaired) electrons. The molecular formula is C26H28N2O5S. The highest BCUT2D eigenvalue weighted by Gasteiger charge is 2.48. The minimum Gasteiger partial charge on any atom is -0.461 e. The predicted octanol–water partition coefficient (Wildman–Crippen LogP) is 4.54. The number of benzene rings is 2. The van der Waals surface area contributed by atoms with E-state index in [1.54, 1.807) is 18.2 Å². The zero-order chi connectivity index (χ0) is 24.3. The van der Waals surface area contributed by atoms with Crippen LogP contribution in [0.5, 0.6) is 0 Å². The normalized spacial score (nSPS) is 23.7. The second-order valence-electron chi connectivity index (χ2n) is 8.98. The Morgan fingerprint density at radius 2 is 1.82 bits per heavy atom.